The molecular weight excluding hydrogens is 375 g/mol. The van der Waals surface area contributed by atoms with Crippen molar-refractivity contribution in [3.05, 3.63) is 59.4 Å². The maximum Gasteiger partial charge on any atom is 0.231 e. The van der Waals surface area contributed by atoms with Crippen LogP contribution in [-0.2, 0) is 16.1 Å². The van der Waals surface area contributed by atoms with Gasteiger partial charge in [-0.3, -0.25) is 9.59 Å². The number of benzene rings is 2. The molecule has 2 aliphatic rings. The van der Waals surface area contributed by atoms with E-state index in [1.807, 2.05) is 18.2 Å². The molecule has 0 bridgehead atoms. The van der Waals surface area contributed by atoms with Crippen LogP contribution in [0.5, 0.6) is 11.5 Å². The summed E-state index contributed by atoms with van der Waals surface area (Å²) in [4.78, 5) is 26.6. The number of ether oxygens (including phenoxy) is 2. The van der Waals surface area contributed by atoms with Crippen LogP contribution in [0.2, 0.25) is 0 Å². The number of carbonyl (C=O) groups is 2. The van der Waals surface area contributed by atoms with E-state index >= 15 is 0 Å². The average Bonchev–Trinajstić information content (AvgIpc) is 3.20. The lowest BCUT2D eigenvalue weighted by atomic mass is 9.88. The zero-order valence-electron chi connectivity index (χ0n) is 16.2. The molecule has 0 radical (unpaired) electrons. The van der Waals surface area contributed by atoms with Crippen molar-refractivity contribution in [3.63, 3.8) is 0 Å². The summed E-state index contributed by atoms with van der Waals surface area (Å²) in [5.74, 6) is 0.638. The minimum atomic E-state index is -0.306. The number of fused-ring (bicyclic) bond motifs is 1. The zero-order valence-corrected chi connectivity index (χ0v) is 16.2. The van der Waals surface area contributed by atoms with Crippen LogP contribution in [0.4, 0.5) is 4.39 Å². The first kappa shape index (κ1) is 19.2. The Morgan fingerprint density at radius 2 is 1.86 bits per heavy atom. The summed E-state index contributed by atoms with van der Waals surface area (Å²) in [6, 6.07) is 11.7. The van der Waals surface area contributed by atoms with Gasteiger partial charge in [0, 0.05) is 20.0 Å². The molecule has 2 aliphatic heterocycles. The van der Waals surface area contributed by atoms with Gasteiger partial charge in [0.25, 0.3) is 0 Å². The first-order valence-corrected chi connectivity index (χ1v) is 9.70. The zero-order chi connectivity index (χ0) is 20.4. The molecule has 0 saturated carbocycles. The number of hydrogen-bond donors (Lipinski definition) is 1. The van der Waals surface area contributed by atoms with E-state index in [-0.39, 0.29) is 36.4 Å². The van der Waals surface area contributed by atoms with Crippen LogP contribution in [0.3, 0.4) is 0 Å². The van der Waals surface area contributed by atoms with Crippen molar-refractivity contribution in [3.8, 4) is 11.5 Å². The van der Waals surface area contributed by atoms with E-state index in [4.69, 9.17) is 9.47 Å². The number of amides is 2. The predicted octanol–water partition coefficient (Wildman–Crippen LogP) is 3.17. The normalized spacial score (nSPS) is 20.4. The van der Waals surface area contributed by atoms with Gasteiger partial charge in [0.1, 0.15) is 5.82 Å². The maximum absolute atomic E-state index is 13.2. The SMILES string of the molecule is CC(=O)N1CC(C(=O)NCc2ccc3c(c2)OCO3)CCC1c1ccc(F)cc1. The molecule has 29 heavy (non-hydrogen) atoms. The molecule has 0 aromatic heterocycles. The van der Waals surface area contributed by atoms with E-state index in [2.05, 4.69) is 5.32 Å². The molecule has 4 rings (SSSR count). The minimum absolute atomic E-state index is 0.0773. The smallest absolute Gasteiger partial charge is 0.231 e. The lowest BCUT2D eigenvalue weighted by molar-refractivity contribution is -0.137. The van der Waals surface area contributed by atoms with Crippen LogP contribution >= 0.6 is 0 Å². The number of piperidine rings is 1. The summed E-state index contributed by atoms with van der Waals surface area (Å²) in [6.07, 6.45) is 1.33. The van der Waals surface area contributed by atoms with Crippen LogP contribution in [0.1, 0.15) is 36.9 Å². The highest BCUT2D eigenvalue weighted by Gasteiger charge is 2.34. The highest BCUT2D eigenvalue weighted by molar-refractivity contribution is 5.81. The minimum Gasteiger partial charge on any atom is -0.454 e. The monoisotopic (exact) mass is 398 g/mol. The van der Waals surface area contributed by atoms with Gasteiger partial charge >= 0.3 is 0 Å². The number of likely N-dealkylation sites (tertiary alicyclic amines) is 1. The average molecular weight is 398 g/mol. The number of rotatable bonds is 4. The maximum atomic E-state index is 13.2. The molecule has 7 heteroatoms. The Kier molecular flexibility index (Phi) is 5.38. The summed E-state index contributed by atoms with van der Waals surface area (Å²) >= 11 is 0. The molecule has 2 aromatic rings. The number of nitrogens with zero attached hydrogens (tertiary/aromatic N) is 1. The van der Waals surface area contributed by atoms with Gasteiger partial charge in [-0.05, 0) is 48.2 Å². The van der Waals surface area contributed by atoms with Gasteiger partial charge in [-0.1, -0.05) is 18.2 Å². The van der Waals surface area contributed by atoms with Crippen molar-refractivity contribution in [2.45, 2.75) is 32.4 Å². The predicted molar refractivity (Wildman–Crippen MR) is 104 cm³/mol. The summed E-state index contributed by atoms with van der Waals surface area (Å²) in [5, 5.41) is 2.96. The highest BCUT2D eigenvalue weighted by atomic mass is 19.1. The van der Waals surface area contributed by atoms with Crippen molar-refractivity contribution in [1.29, 1.82) is 0 Å². The molecule has 6 nitrogen and oxygen atoms in total. The fourth-order valence-electron chi connectivity index (χ4n) is 3.95. The van der Waals surface area contributed by atoms with Crippen molar-refractivity contribution in [2.75, 3.05) is 13.3 Å². The Balaban J connectivity index is 1.38. The third kappa shape index (κ3) is 4.18. The van der Waals surface area contributed by atoms with Crippen LogP contribution in [-0.4, -0.2) is 30.1 Å². The van der Waals surface area contributed by atoms with Gasteiger partial charge in [-0.2, -0.15) is 0 Å². The van der Waals surface area contributed by atoms with E-state index in [9.17, 15) is 14.0 Å². The quantitative estimate of drug-likeness (QED) is 0.859. The standard InChI is InChI=1S/C22H23FN2O4/c1-14(26)25-12-17(5-8-19(25)16-3-6-18(23)7-4-16)22(27)24-11-15-2-9-20-21(10-15)29-13-28-20/h2-4,6-7,9-10,17,19H,5,8,11-13H2,1H3,(H,24,27). The van der Waals surface area contributed by atoms with Crippen molar-refractivity contribution < 1.29 is 23.5 Å². The van der Waals surface area contributed by atoms with Crippen LogP contribution in [0.15, 0.2) is 42.5 Å². The van der Waals surface area contributed by atoms with E-state index in [0.29, 0.717) is 37.4 Å². The first-order valence-electron chi connectivity index (χ1n) is 9.70. The molecule has 2 amide bonds. The molecule has 0 spiro atoms. The fraction of sp³-hybridized carbons (Fsp3) is 0.364. The van der Waals surface area contributed by atoms with E-state index in [1.165, 1.54) is 19.1 Å². The Bertz CT molecular complexity index is 916. The summed E-state index contributed by atoms with van der Waals surface area (Å²) in [5.41, 5.74) is 1.81. The third-order valence-electron chi connectivity index (χ3n) is 5.52. The van der Waals surface area contributed by atoms with Crippen molar-refractivity contribution in [1.82, 2.24) is 10.2 Å². The number of carbonyl (C=O) groups excluding carboxylic acids is 2. The molecule has 2 unspecified atom stereocenters. The van der Waals surface area contributed by atoms with Crippen molar-refractivity contribution in [2.24, 2.45) is 5.92 Å². The number of nitrogens with one attached hydrogen (secondary N) is 1. The lowest BCUT2D eigenvalue weighted by Crippen LogP contribution is -2.46. The second-order valence-electron chi connectivity index (χ2n) is 7.42. The van der Waals surface area contributed by atoms with Gasteiger partial charge < -0.3 is 19.7 Å². The molecule has 1 fully saturated rings. The Labute approximate surface area is 168 Å². The largest absolute Gasteiger partial charge is 0.454 e. The molecule has 1 saturated heterocycles. The van der Waals surface area contributed by atoms with Gasteiger partial charge in [0.15, 0.2) is 11.5 Å². The summed E-state index contributed by atoms with van der Waals surface area (Å²) < 4.78 is 23.9. The number of hydrogen-bond acceptors (Lipinski definition) is 4. The molecule has 2 heterocycles. The molecule has 2 atom stereocenters. The second kappa shape index (κ2) is 8.11. The van der Waals surface area contributed by atoms with Crippen LogP contribution < -0.4 is 14.8 Å². The first-order chi connectivity index (χ1) is 14.0. The molecule has 1 N–H and O–H groups in total. The Hall–Kier alpha value is -3.09. The lowest BCUT2D eigenvalue weighted by Gasteiger charge is -2.39. The van der Waals surface area contributed by atoms with Crippen LogP contribution in [0.25, 0.3) is 0 Å². The summed E-state index contributed by atoms with van der Waals surface area (Å²) in [7, 11) is 0. The summed E-state index contributed by atoms with van der Waals surface area (Å²) in [6.45, 7) is 2.45. The van der Waals surface area contributed by atoms with Gasteiger partial charge in [-0.25, -0.2) is 4.39 Å². The topological polar surface area (TPSA) is 67.9 Å². The third-order valence-corrected chi connectivity index (χ3v) is 5.52. The molecule has 0 aliphatic carbocycles. The van der Waals surface area contributed by atoms with Crippen molar-refractivity contribution >= 4 is 11.8 Å². The molecular formula is C22H23FN2O4. The van der Waals surface area contributed by atoms with E-state index in [1.54, 1.807) is 17.0 Å². The second-order valence-corrected chi connectivity index (χ2v) is 7.42. The molecule has 152 valence electrons. The van der Waals surface area contributed by atoms with Gasteiger partial charge in [0.2, 0.25) is 18.6 Å². The Morgan fingerprint density at radius 3 is 2.62 bits per heavy atom. The van der Waals surface area contributed by atoms with E-state index in [0.717, 1.165) is 11.1 Å². The fourth-order valence-corrected chi connectivity index (χ4v) is 3.95. The highest BCUT2D eigenvalue weighted by Crippen LogP contribution is 2.34. The number of halogens is 1. The molecule has 2 aromatic carbocycles. The van der Waals surface area contributed by atoms with Gasteiger partial charge in [0.05, 0.1) is 12.0 Å². The van der Waals surface area contributed by atoms with Crippen LogP contribution in [0, 0.1) is 11.7 Å². The van der Waals surface area contributed by atoms with Gasteiger partial charge in [-0.15, -0.1) is 0 Å². The van der Waals surface area contributed by atoms with E-state index < -0.39 is 0 Å². The Morgan fingerprint density at radius 1 is 1.10 bits per heavy atom.